The van der Waals surface area contributed by atoms with Gasteiger partial charge < -0.3 is 9.84 Å². The van der Waals surface area contributed by atoms with E-state index in [1.165, 1.54) is 19.3 Å². The number of rotatable bonds is 2. The van der Waals surface area contributed by atoms with Gasteiger partial charge in [-0.1, -0.05) is 0 Å². The lowest BCUT2D eigenvalue weighted by Crippen LogP contribution is -1.83. The summed E-state index contributed by atoms with van der Waals surface area (Å²) in [5.74, 6) is 0.484. The van der Waals surface area contributed by atoms with Crippen LogP contribution in [0.3, 0.4) is 0 Å². The van der Waals surface area contributed by atoms with E-state index in [1.807, 2.05) is 0 Å². The molecule has 0 heterocycles. The Balaban J connectivity index is 3.14. The Bertz CT molecular complexity index is 462. The second-order valence-corrected chi connectivity index (χ2v) is 2.71. The lowest BCUT2D eigenvalue weighted by atomic mass is 10.1. The van der Waals surface area contributed by atoms with Crippen LogP contribution in [-0.4, -0.2) is 12.2 Å². The molecule has 0 aliphatic rings. The van der Waals surface area contributed by atoms with Crippen LogP contribution < -0.4 is 4.74 Å². The summed E-state index contributed by atoms with van der Waals surface area (Å²) in [5, 5.41) is 26.6. The molecular weight excluding hydrogens is 192 g/mol. The molecule has 0 unspecified atom stereocenters. The molecule has 1 N–H and O–H groups in total. The van der Waals surface area contributed by atoms with E-state index in [2.05, 4.69) is 0 Å². The fraction of sp³-hybridized carbons (Fsp3) is 0.0909. The van der Waals surface area contributed by atoms with Crippen molar-refractivity contribution in [1.29, 1.82) is 10.5 Å². The molecule has 4 heteroatoms. The van der Waals surface area contributed by atoms with Crippen molar-refractivity contribution in [2.24, 2.45) is 0 Å². The highest BCUT2D eigenvalue weighted by Crippen LogP contribution is 2.25. The van der Waals surface area contributed by atoms with E-state index < -0.39 is 0 Å². The number of nitriles is 2. The lowest BCUT2D eigenvalue weighted by molar-refractivity contribution is 0.407. The van der Waals surface area contributed by atoms with E-state index in [4.69, 9.17) is 15.3 Å². The number of nitrogens with zero attached hydrogens (tertiary/aromatic N) is 2. The van der Waals surface area contributed by atoms with E-state index in [1.54, 1.807) is 24.3 Å². The minimum atomic E-state index is -0.0598. The fourth-order valence-electron chi connectivity index (χ4n) is 1.02. The van der Waals surface area contributed by atoms with Crippen molar-refractivity contribution in [2.45, 2.75) is 0 Å². The standard InChI is InChI=1S/C11H8N2O2/c1-15-10-3-2-9(11(14)5-10)4-8(6-12)7-13/h2-5,14H,1H3. The van der Waals surface area contributed by atoms with Crippen LogP contribution in [0, 0.1) is 22.7 Å². The summed E-state index contributed by atoms with van der Waals surface area (Å²) < 4.78 is 4.90. The number of hydrogen-bond donors (Lipinski definition) is 1. The van der Waals surface area contributed by atoms with Crippen molar-refractivity contribution in [1.82, 2.24) is 0 Å². The van der Waals surface area contributed by atoms with Crippen molar-refractivity contribution in [3.05, 3.63) is 29.3 Å². The van der Waals surface area contributed by atoms with Crippen molar-refractivity contribution in [3.63, 3.8) is 0 Å². The molecule has 0 spiro atoms. The number of methoxy groups -OCH3 is 1. The van der Waals surface area contributed by atoms with Gasteiger partial charge in [0.25, 0.3) is 0 Å². The Kier molecular flexibility index (Phi) is 3.32. The van der Waals surface area contributed by atoms with Crippen molar-refractivity contribution >= 4 is 6.08 Å². The van der Waals surface area contributed by atoms with Crippen molar-refractivity contribution < 1.29 is 9.84 Å². The van der Waals surface area contributed by atoms with E-state index in [0.717, 1.165) is 0 Å². The minimum Gasteiger partial charge on any atom is -0.507 e. The first-order chi connectivity index (χ1) is 7.21. The van der Waals surface area contributed by atoms with Gasteiger partial charge in [0.05, 0.1) is 7.11 Å². The average Bonchev–Trinajstić information content (AvgIpc) is 2.27. The predicted octanol–water partition coefficient (Wildman–Crippen LogP) is 1.83. The summed E-state index contributed by atoms with van der Waals surface area (Å²) in [6.45, 7) is 0. The molecule has 0 fully saturated rings. The highest BCUT2D eigenvalue weighted by Gasteiger charge is 2.02. The maximum Gasteiger partial charge on any atom is 0.130 e. The molecule has 4 nitrogen and oxygen atoms in total. The number of hydrogen-bond acceptors (Lipinski definition) is 4. The highest BCUT2D eigenvalue weighted by atomic mass is 16.5. The molecule has 1 aromatic carbocycles. The first kappa shape index (κ1) is 10.6. The van der Waals surface area contributed by atoms with E-state index in [-0.39, 0.29) is 11.3 Å². The predicted molar refractivity (Wildman–Crippen MR) is 53.9 cm³/mol. The van der Waals surface area contributed by atoms with Crippen LogP contribution >= 0.6 is 0 Å². The largest absolute Gasteiger partial charge is 0.507 e. The van der Waals surface area contributed by atoms with Crippen molar-refractivity contribution in [3.8, 4) is 23.6 Å². The zero-order chi connectivity index (χ0) is 11.3. The monoisotopic (exact) mass is 200 g/mol. The molecule has 0 amide bonds. The Labute approximate surface area is 87.3 Å². The van der Waals surface area contributed by atoms with Gasteiger partial charge in [-0.15, -0.1) is 0 Å². The lowest BCUT2D eigenvalue weighted by Gasteiger charge is -2.02. The first-order valence-electron chi connectivity index (χ1n) is 4.10. The summed E-state index contributed by atoms with van der Waals surface area (Å²) in [4.78, 5) is 0. The van der Waals surface area contributed by atoms with Gasteiger partial charge in [-0.2, -0.15) is 10.5 Å². The summed E-state index contributed by atoms with van der Waals surface area (Å²) in [5.41, 5.74) is 0.351. The zero-order valence-corrected chi connectivity index (χ0v) is 8.06. The molecule has 0 aliphatic carbocycles. The van der Waals surface area contributed by atoms with Crippen LogP contribution in [0.25, 0.3) is 6.08 Å². The van der Waals surface area contributed by atoms with Crippen LogP contribution in [0.5, 0.6) is 11.5 Å². The zero-order valence-electron chi connectivity index (χ0n) is 8.06. The van der Waals surface area contributed by atoms with Crippen LogP contribution in [-0.2, 0) is 0 Å². The smallest absolute Gasteiger partial charge is 0.130 e. The third kappa shape index (κ3) is 2.49. The molecule has 74 valence electrons. The number of phenols is 1. The Morgan fingerprint density at radius 2 is 2.07 bits per heavy atom. The molecule has 0 aromatic heterocycles. The topological polar surface area (TPSA) is 77.0 Å². The number of benzene rings is 1. The molecule has 0 aliphatic heterocycles. The number of ether oxygens (including phenoxy) is 1. The maximum absolute atomic E-state index is 9.52. The minimum absolute atomic E-state index is 0.0302. The molecule has 15 heavy (non-hydrogen) atoms. The first-order valence-corrected chi connectivity index (χ1v) is 4.10. The fourth-order valence-corrected chi connectivity index (χ4v) is 1.02. The van der Waals surface area contributed by atoms with Gasteiger partial charge in [-0.3, -0.25) is 0 Å². The Morgan fingerprint density at radius 1 is 1.40 bits per heavy atom. The molecule has 0 atom stereocenters. The number of allylic oxidation sites excluding steroid dienone is 1. The van der Waals surface area contributed by atoms with Crippen LogP contribution in [0.15, 0.2) is 23.8 Å². The number of aromatic hydroxyl groups is 1. The SMILES string of the molecule is COc1ccc(C=C(C#N)C#N)c(O)c1. The summed E-state index contributed by atoms with van der Waals surface area (Å²) in [6, 6.07) is 8.05. The van der Waals surface area contributed by atoms with Gasteiger partial charge in [-0.25, -0.2) is 0 Å². The molecule has 0 bridgehead atoms. The molecule has 0 saturated carbocycles. The van der Waals surface area contributed by atoms with Gasteiger partial charge in [0.2, 0.25) is 0 Å². The molecule has 1 aromatic rings. The average molecular weight is 200 g/mol. The Hall–Kier alpha value is -2.46. The third-order valence-electron chi connectivity index (χ3n) is 1.78. The summed E-state index contributed by atoms with van der Waals surface area (Å²) in [6.07, 6.45) is 1.31. The molecular formula is C11H8N2O2. The van der Waals surface area contributed by atoms with Gasteiger partial charge in [0, 0.05) is 11.6 Å². The van der Waals surface area contributed by atoms with Gasteiger partial charge in [-0.05, 0) is 18.2 Å². The van der Waals surface area contributed by atoms with Crippen molar-refractivity contribution in [2.75, 3.05) is 7.11 Å². The molecule has 0 radical (unpaired) electrons. The summed E-state index contributed by atoms with van der Waals surface area (Å²) >= 11 is 0. The third-order valence-corrected chi connectivity index (χ3v) is 1.78. The second-order valence-electron chi connectivity index (χ2n) is 2.71. The van der Waals surface area contributed by atoms with Crippen LogP contribution in [0.1, 0.15) is 5.56 Å². The van der Waals surface area contributed by atoms with Crippen LogP contribution in [0.4, 0.5) is 0 Å². The van der Waals surface area contributed by atoms with Gasteiger partial charge >= 0.3 is 0 Å². The molecule has 1 rings (SSSR count). The second kappa shape index (κ2) is 4.69. The number of phenolic OH excluding ortho intramolecular Hbond substituents is 1. The van der Waals surface area contributed by atoms with Gasteiger partial charge in [0.1, 0.15) is 29.2 Å². The normalized spacial score (nSPS) is 8.47. The highest BCUT2D eigenvalue weighted by molar-refractivity contribution is 5.66. The van der Waals surface area contributed by atoms with Crippen LogP contribution in [0.2, 0.25) is 0 Å². The van der Waals surface area contributed by atoms with E-state index in [9.17, 15) is 5.11 Å². The van der Waals surface area contributed by atoms with E-state index in [0.29, 0.717) is 11.3 Å². The van der Waals surface area contributed by atoms with Gasteiger partial charge in [0.15, 0.2) is 0 Å². The molecule has 0 saturated heterocycles. The van der Waals surface area contributed by atoms with E-state index >= 15 is 0 Å². The quantitative estimate of drug-likeness (QED) is 0.739. The summed E-state index contributed by atoms with van der Waals surface area (Å²) in [7, 11) is 1.49. The maximum atomic E-state index is 9.52. The Morgan fingerprint density at radius 3 is 2.53 bits per heavy atom.